The van der Waals surface area contributed by atoms with Gasteiger partial charge in [0.2, 0.25) is 0 Å². The number of aromatic hydroxyl groups is 1. The first kappa shape index (κ1) is 18.2. The van der Waals surface area contributed by atoms with E-state index in [1.807, 2.05) is 40.8 Å². The van der Waals surface area contributed by atoms with Gasteiger partial charge in [0.15, 0.2) is 0 Å². The second-order valence-corrected chi connectivity index (χ2v) is 9.38. The van der Waals surface area contributed by atoms with Crippen LogP contribution < -0.4 is 0 Å². The van der Waals surface area contributed by atoms with E-state index in [0.29, 0.717) is 17.7 Å². The quantitative estimate of drug-likeness (QED) is 0.683. The zero-order chi connectivity index (χ0) is 20.6. The SMILES string of the molecule is Cn1cnc2cc(C(=O)N3CC[C@@]4(C)c5cccc(O)c5CC3C4(C)C)ccc21. The molecule has 1 fully saturated rings. The average Bonchev–Trinajstić information content (AvgIpc) is 3.05. The van der Waals surface area contributed by atoms with Gasteiger partial charge in [-0.2, -0.15) is 0 Å². The summed E-state index contributed by atoms with van der Waals surface area (Å²) >= 11 is 0. The molecule has 0 spiro atoms. The summed E-state index contributed by atoms with van der Waals surface area (Å²) in [5.41, 5.74) is 4.59. The van der Waals surface area contributed by atoms with E-state index in [1.54, 1.807) is 12.4 Å². The number of fused-ring (bicyclic) bond motifs is 5. The van der Waals surface area contributed by atoms with Gasteiger partial charge in [-0.15, -0.1) is 0 Å². The van der Waals surface area contributed by atoms with E-state index in [0.717, 1.165) is 29.6 Å². The van der Waals surface area contributed by atoms with Gasteiger partial charge >= 0.3 is 0 Å². The third-order valence-corrected chi connectivity index (χ3v) is 7.86. The van der Waals surface area contributed by atoms with Gasteiger partial charge in [-0.3, -0.25) is 4.79 Å². The lowest BCUT2D eigenvalue weighted by molar-refractivity contribution is -0.0266. The summed E-state index contributed by atoms with van der Waals surface area (Å²) in [4.78, 5) is 20.0. The van der Waals surface area contributed by atoms with Gasteiger partial charge < -0.3 is 14.6 Å². The first-order valence-electron chi connectivity index (χ1n) is 10.3. The maximum atomic E-state index is 13.6. The molecule has 3 aromatic rings. The number of aryl methyl sites for hydroxylation is 1. The van der Waals surface area contributed by atoms with Crippen molar-refractivity contribution in [1.82, 2.24) is 14.5 Å². The summed E-state index contributed by atoms with van der Waals surface area (Å²) in [7, 11) is 1.96. The second-order valence-electron chi connectivity index (χ2n) is 9.38. The van der Waals surface area contributed by atoms with Gasteiger partial charge in [0.05, 0.1) is 17.4 Å². The number of benzene rings is 2. The topological polar surface area (TPSA) is 58.4 Å². The highest BCUT2D eigenvalue weighted by Crippen LogP contribution is 2.57. The van der Waals surface area contributed by atoms with Gasteiger partial charge in [-0.1, -0.05) is 32.9 Å². The molecule has 29 heavy (non-hydrogen) atoms. The molecular weight excluding hydrogens is 362 g/mol. The number of carbonyl (C=O) groups excluding carboxylic acids is 1. The Morgan fingerprint density at radius 3 is 2.79 bits per heavy atom. The zero-order valence-corrected chi connectivity index (χ0v) is 17.4. The first-order chi connectivity index (χ1) is 13.7. The highest BCUT2D eigenvalue weighted by atomic mass is 16.3. The number of phenols is 1. The minimum atomic E-state index is -0.100. The van der Waals surface area contributed by atoms with E-state index in [4.69, 9.17) is 0 Å². The maximum absolute atomic E-state index is 13.6. The lowest BCUT2D eigenvalue weighted by atomic mass is 9.51. The number of nitrogens with zero attached hydrogens (tertiary/aromatic N) is 3. The van der Waals surface area contributed by atoms with E-state index in [9.17, 15) is 9.90 Å². The van der Waals surface area contributed by atoms with Crippen LogP contribution in [-0.2, 0) is 18.9 Å². The number of phenolic OH excluding ortho intramolecular Hbond substituents is 1. The number of carbonyl (C=O) groups is 1. The van der Waals surface area contributed by atoms with E-state index < -0.39 is 0 Å². The third-order valence-electron chi connectivity index (χ3n) is 7.86. The second kappa shape index (κ2) is 5.85. The Kier molecular flexibility index (Phi) is 3.67. The number of imidazole rings is 1. The molecule has 2 bridgehead atoms. The van der Waals surface area contributed by atoms with Crippen molar-refractivity contribution in [3.63, 3.8) is 0 Å². The van der Waals surface area contributed by atoms with E-state index in [1.165, 1.54) is 5.56 Å². The molecular formula is C24H27N3O2. The minimum Gasteiger partial charge on any atom is -0.508 e. The largest absolute Gasteiger partial charge is 0.508 e. The molecule has 2 aliphatic rings. The predicted octanol–water partition coefficient (Wildman–Crippen LogP) is 4.03. The fourth-order valence-electron chi connectivity index (χ4n) is 5.60. The smallest absolute Gasteiger partial charge is 0.254 e. The Hall–Kier alpha value is -2.82. The number of amides is 1. The van der Waals surface area contributed by atoms with Crippen molar-refractivity contribution in [1.29, 1.82) is 0 Å². The van der Waals surface area contributed by atoms with Crippen LogP contribution in [0.25, 0.3) is 11.0 Å². The van der Waals surface area contributed by atoms with Crippen LogP contribution in [0.5, 0.6) is 5.75 Å². The molecule has 1 amide bonds. The van der Waals surface area contributed by atoms with Crippen LogP contribution in [0.3, 0.4) is 0 Å². The summed E-state index contributed by atoms with van der Waals surface area (Å²) in [6, 6.07) is 11.7. The van der Waals surface area contributed by atoms with Crippen LogP contribution in [0.2, 0.25) is 0 Å². The van der Waals surface area contributed by atoms with Gasteiger partial charge in [-0.05, 0) is 53.6 Å². The van der Waals surface area contributed by atoms with Crippen LogP contribution >= 0.6 is 0 Å². The van der Waals surface area contributed by atoms with Crippen LogP contribution in [-0.4, -0.2) is 38.1 Å². The van der Waals surface area contributed by atoms with E-state index in [2.05, 4.69) is 31.8 Å². The summed E-state index contributed by atoms with van der Waals surface area (Å²) in [6.45, 7) is 7.55. The molecule has 5 heteroatoms. The fraction of sp³-hybridized carbons (Fsp3) is 0.417. The number of piperidine rings is 1. The molecule has 1 saturated heterocycles. The monoisotopic (exact) mass is 389 g/mol. The highest BCUT2D eigenvalue weighted by molar-refractivity contribution is 5.97. The van der Waals surface area contributed by atoms with Crippen LogP contribution in [0.4, 0.5) is 0 Å². The molecule has 150 valence electrons. The van der Waals surface area contributed by atoms with Crippen molar-refractivity contribution in [3.8, 4) is 5.75 Å². The van der Waals surface area contributed by atoms with Crippen LogP contribution in [0.15, 0.2) is 42.7 Å². The number of hydrogen-bond donors (Lipinski definition) is 1. The molecule has 5 nitrogen and oxygen atoms in total. The van der Waals surface area contributed by atoms with Crippen molar-refractivity contribution >= 4 is 16.9 Å². The summed E-state index contributed by atoms with van der Waals surface area (Å²) in [5.74, 6) is 0.398. The van der Waals surface area contributed by atoms with Gasteiger partial charge in [0.1, 0.15) is 5.75 Å². The Labute approximate surface area is 171 Å². The third kappa shape index (κ3) is 2.33. The molecule has 2 atom stereocenters. The standard InChI is InChI=1S/C24H27N3O2/c1-23(2)21-13-16-17(6-5-7-20(16)28)24(23,3)10-11-27(21)22(29)15-8-9-19-18(12-15)25-14-26(19)4/h5-9,12,14,21,28H,10-11,13H2,1-4H3/t21?,24-/m0/s1. The maximum Gasteiger partial charge on any atom is 0.254 e. The lowest BCUT2D eigenvalue weighted by Gasteiger charge is -2.60. The summed E-state index contributed by atoms with van der Waals surface area (Å²) < 4.78 is 1.96. The molecule has 0 saturated carbocycles. The molecule has 2 aromatic carbocycles. The average molecular weight is 389 g/mol. The Morgan fingerprint density at radius 2 is 2.00 bits per heavy atom. The minimum absolute atomic E-state index is 0.0361. The first-order valence-corrected chi connectivity index (χ1v) is 10.3. The molecule has 1 aromatic heterocycles. The predicted molar refractivity (Wildman–Crippen MR) is 113 cm³/mol. The highest BCUT2D eigenvalue weighted by Gasteiger charge is 2.57. The van der Waals surface area contributed by atoms with Crippen LogP contribution in [0, 0.1) is 5.41 Å². The number of rotatable bonds is 1. The summed E-state index contributed by atoms with van der Waals surface area (Å²) in [5, 5.41) is 10.5. The molecule has 5 rings (SSSR count). The Balaban J connectivity index is 1.57. The van der Waals surface area contributed by atoms with Crippen molar-refractivity contribution in [2.75, 3.05) is 6.54 Å². The fourth-order valence-corrected chi connectivity index (χ4v) is 5.60. The Bertz CT molecular complexity index is 1150. The molecule has 1 unspecified atom stereocenters. The van der Waals surface area contributed by atoms with Gasteiger partial charge in [0, 0.05) is 30.6 Å². The summed E-state index contributed by atoms with van der Waals surface area (Å²) in [6.07, 6.45) is 3.34. The van der Waals surface area contributed by atoms with Gasteiger partial charge in [-0.25, -0.2) is 4.98 Å². The van der Waals surface area contributed by atoms with Crippen molar-refractivity contribution < 1.29 is 9.90 Å². The van der Waals surface area contributed by atoms with Crippen LogP contribution in [0.1, 0.15) is 48.7 Å². The molecule has 1 aliphatic carbocycles. The molecule has 2 heterocycles. The number of hydrogen-bond acceptors (Lipinski definition) is 3. The zero-order valence-electron chi connectivity index (χ0n) is 17.4. The number of aromatic nitrogens is 2. The number of likely N-dealkylation sites (tertiary alicyclic amines) is 1. The van der Waals surface area contributed by atoms with Gasteiger partial charge in [0.25, 0.3) is 5.91 Å². The molecule has 1 N–H and O–H groups in total. The van der Waals surface area contributed by atoms with E-state index in [-0.39, 0.29) is 22.8 Å². The van der Waals surface area contributed by atoms with Crippen molar-refractivity contribution in [3.05, 3.63) is 59.4 Å². The van der Waals surface area contributed by atoms with Crippen molar-refractivity contribution in [2.45, 2.75) is 45.1 Å². The normalized spacial score (nSPS) is 25.1. The molecule has 1 aliphatic heterocycles. The Morgan fingerprint density at radius 1 is 1.21 bits per heavy atom. The van der Waals surface area contributed by atoms with Crippen molar-refractivity contribution in [2.24, 2.45) is 12.5 Å². The van der Waals surface area contributed by atoms with E-state index >= 15 is 0 Å². The lowest BCUT2D eigenvalue weighted by Crippen LogP contribution is -2.64. The molecule has 0 radical (unpaired) electrons.